The summed E-state index contributed by atoms with van der Waals surface area (Å²) in [4.78, 5) is 2.52. The van der Waals surface area contributed by atoms with Crippen molar-refractivity contribution in [2.75, 3.05) is 20.2 Å². The minimum absolute atomic E-state index is 0.166. The summed E-state index contributed by atoms with van der Waals surface area (Å²) in [6, 6.07) is 27.6. The number of fused-ring (bicyclic) bond motifs is 4. The molecule has 5 heteroatoms. The number of hydrogen-bond acceptors (Lipinski definition) is 5. The molecule has 0 saturated carbocycles. The number of nitrogens with zero attached hydrogens (tertiary/aromatic N) is 3. The average Bonchev–Trinajstić information content (AvgIpc) is 3.34. The third kappa shape index (κ3) is 3.57. The van der Waals surface area contributed by atoms with Gasteiger partial charge >= 0.3 is 0 Å². The van der Waals surface area contributed by atoms with Gasteiger partial charge in [-0.1, -0.05) is 72.8 Å². The van der Waals surface area contributed by atoms with Gasteiger partial charge in [0.2, 0.25) is 5.72 Å². The molecular weight excluding hydrogens is 410 g/mol. The molecule has 3 aromatic rings. The van der Waals surface area contributed by atoms with E-state index in [1.807, 2.05) is 6.07 Å². The van der Waals surface area contributed by atoms with Gasteiger partial charge in [-0.3, -0.25) is 4.90 Å². The lowest BCUT2D eigenvalue weighted by molar-refractivity contribution is -0.151. The van der Waals surface area contributed by atoms with Crippen LogP contribution in [0.3, 0.4) is 0 Å². The smallest absolute Gasteiger partial charge is 0.200 e. The minimum Gasteiger partial charge on any atom is -0.493 e. The molecule has 1 spiro atoms. The van der Waals surface area contributed by atoms with Crippen molar-refractivity contribution in [3.63, 3.8) is 0 Å². The van der Waals surface area contributed by atoms with E-state index in [4.69, 9.17) is 14.6 Å². The highest BCUT2D eigenvalue weighted by molar-refractivity contribution is 6.02. The van der Waals surface area contributed by atoms with Gasteiger partial charge in [0, 0.05) is 44.5 Å². The molecule has 1 unspecified atom stereocenters. The second kappa shape index (κ2) is 8.23. The number of likely N-dealkylation sites (tertiary alicyclic amines) is 1. The zero-order valence-corrected chi connectivity index (χ0v) is 19.0. The summed E-state index contributed by atoms with van der Waals surface area (Å²) in [6.07, 6.45) is 2.68. The highest BCUT2D eigenvalue weighted by Gasteiger charge is 2.52. The molecule has 3 aromatic carbocycles. The van der Waals surface area contributed by atoms with Gasteiger partial charge in [-0.2, -0.15) is 5.10 Å². The summed E-state index contributed by atoms with van der Waals surface area (Å²) in [5.41, 5.74) is 4.39. The van der Waals surface area contributed by atoms with Crippen molar-refractivity contribution >= 4 is 5.71 Å². The quantitative estimate of drug-likeness (QED) is 0.558. The van der Waals surface area contributed by atoms with Crippen LogP contribution in [0.2, 0.25) is 0 Å². The molecule has 3 aliphatic rings. The Hall–Kier alpha value is -3.31. The summed E-state index contributed by atoms with van der Waals surface area (Å²) in [5, 5.41) is 7.46. The Balaban J connectivity index is 1.33. The van der Waals surface area contributed by atoms with Crippen LogP contribution in [0.1, 0.15) is 42.0 Å². The average molecular weight is 440 g/mol. The summed E-state index contributed by atoms with van der Waals surface area (Å²) < 4.78 is 12.6. The number of benzene rings is 3. The van der Waals surface area contributed by atoms with Crippen LogP contribution in [0.5, 0.6) is 11.5 Å². The molecule has 1 atom stereocenters. The first kappa shape index (κ1) is 20.3. The molecule has 168 valence electrons. The lowest BCUT2D eigenvalue weighted by Gasteiger charge is -2.51. The van der Waals surface area contributed by atoms with E-state index in [2.05, 4.69) is 82.7 Å². The van der Waals surface area contributed by atoms with Crippen LogP contribution in [0, 0.1) is 0 Å². The molecular formula is C28H29N3O2. The van der Waals surface area contributed by atoms with Gasteiger partial charge in [0.05, 0.1) is 18.9 Å². The number of hydrazone groups is 1. The lowest BCUT2D eigenvalue weighted by Crippen LogP contribution is -2.59. The molecule has 0 aromatic heterocycles. The van der Waals surface area contributed by atoms with Crippen LogP contribution in [0.4, 0.5) is 0 Å². The predicted octanol–water partition coefficient (Wildman–Crippen LogP) is 5.23. The molecule has 3 aliphatic heterocycles. The highest BCUT2D eigenvalue weighted by Crippen LogP contribution is 2.52. The number of ether oxygens (including phenoxy) is 2. The van der Waals surface area contributed by atoms with E-state index in [-0.39, 0.29) is 6.04 Å². The van der Waals surface area contributed by atoms with Crippen molar-refractivity contribution in [3.8, 4) is 11.5 Å². The topological polar surface area (TPSA) is 37.3 Å². The first-order chi connectivity index (χ1) is 16.3. The van der Waals surface area contributed by atoms with Crippen LogP contribution in [-0.4, -0.2) is 41.5 Å². The van der Waals surface area contributed by atoms with Gasteiger partial charge in [-0.25, -0.2) is 5.01 Å². The molecule has 3 heterocycles. The van der Waals surface area contributed by atoms with Crippen LogP contribution >= 0.6 is 0 Å². The fraction of sp³-hybridized carbons (Fsp3) is 0.321. The number of piperidine rings is 1. The molecule has 5 nitrogen and oxygen atoms in total. The summed E-state index contributed by atoms with van der Waals surface area (Å²) in [5.74, 6) is 1.70. The van der Waals surface area contributed by atoms with Crippen LogP contribution in [0.15, 0.2) is 84.0 Å². The van der Waals surface area contributed by atoms with Crippen molar-refractivity contribution in [1.82, 2.24) is 9.91 Å². The van der Waals surface area contributed by atoms with Crippen LogP contribution < -0.4 is 9.47 Å². The zero-order valence-electron chi connectivity index (χ0n) is 19.0. The Bertz CT molecular complexity index is 1150. The maximum atomic E-state index is 6.85. The Labute approximate surface area is 195 Å². The molecule has 0 aliphatic carbocycles. The van der Waals surface area contributed by atoms with E-state index in [0.29, 0.717) is 0 Å². The van der Waals surface area contributed by atoms with Gasteiger partial charge in [-0.05, 0) is 17.2 Å². The standard InChI is InChI=1S/C28H29N3O2/c1-32-26-14-8-13-23-25-19-24(22-11-6-3-7-12-22)29-31(25)28(33-27(23)26)15-17-30(18-16-28)20-21-9-4-2-5-10-21/h2-14,25H,15-20H2,1H3. The minimum atomic E-state index is -0.448. The normalized spacial score (nSPS) is 21.2. The maximum Gasteiger partial charge on any atom is 0.200 e. The first-order valence-corrected chi connectivity index (χ1v) is 11.8. The highest BCUT2D eigenvalue weighted by atomic mass is 16.5. The Morgan fingerprint density at radius 1 is 0.939 bits per heavy atom. The molecule has 0 bridgehead atoms. The second-order valence-corrected chi connectivity index (χ2v) is 9.17. The predicted molar refractivity (Wildman–Crippen MR) is 129 cm³/mol. The van der Waals surface area contributed by atoms with E-state index in [1.54, 1.807) is 7.11 Å². The van der Waals surface area contributed by atoms with Gasteiger partial charge in [0.15, 0.2) is 11.5 Å². The van der Waals surface area contributed by atoms with Gasteiger partial charge in [-0.15, -0.1) is 0 Å². The second-order valence-electron chi connectivity index (χ2n) is 9.17. The Morgan fingerprint density at radius 2 is 1.67 bits per heavy atom. The van der Waals surface area contributed by atoms with Crippen LogP contribution in [-0.2, 0) is 6.54 Å². The summed E-state index contributed by atoms with van der Waals surface area (Å²) in [7, 11) is 1.72. The third-order valence-corrected chi connectivity index (χ3v) is 7.20. The van der Waals surface area contributed by atoms with Crippen LogP contribution in [0.25, 0.3) is 0 Å². The molecule has 0 radical (unpaired) electrons. The van der Waals surface area contributed by atoms with Crippen molar-refractivity contribution in [3.05, 3.63) is 95.6 Å². The summed E-state index contributed by atoms with van der Waals surface area (Å²) in [6.45, 7) is 2.91. The number of para-hydroxylation sites is 1. The Kier molecular flexibility index (Phi) is 5.07. The largest absolute Gasteiger partial charge is 0.493 e. The molecule has 6 rings (SSSR count). The number of hydrogen-bond donors (Lipinski definition) is 0. The SMILES string of the molecule is COc1cccc2c1OC1(CCN(Cc3ccccc3)CC1)N1N=C(c3ccccc3)CC21. The van der Waals surface area contributed by atoms with E-state index >= 15 is 0 Å². The first-order valence-electron chi connectivity index (χ1n) is 11.8. The van der Waals surface area contributed by atoms with E-state index in [1.165, 1.54) is 16.7 Å². The van der Waals surface area contributed by atoms with E-state index in [9.17, 15) is 0 Å². The van der Waals surface area contributed by atoms with Gasteiger partial charge < -0.3 is 9.47 Å². The van der Waals surface area contributed by atoms with Gasteiger partial charge in [0.1, 0.15) is 0 Å². The van der Waals surface area contributed by atoms with E-state index in [0.717, 1.165) is 56.1 Å². The fourth-order valence-corrected chi connectivity index (χ4v) is 5.47. The monoisotopic (exact) mass is 439 g/mol. The molecule has 1 saturated heterocycles. The van der Waals surface area contributed by atoms with Crippen molar-refractivity contribution < 1.29 is 9.47 Å². The molecule has 0 amide bonds. The van der Waals surface area contributed by atoms with Crippen molar-refractivity contribution in [1.29, 1.82) is 0 Å². The maximum absolute atomic E-state index is 6.85. The third-order valence-electron chi connectivity index (χ3n) is 7.20. The molecule has 33 heavy (non-hydrogen) atoms. The Morgan fingerprint density at radius 3 is 2.39 bits per heavy atom. The fourth-order valence-electron chi connectivity index (χ4n) is 5.47. The number of methoxy groups -OCH3 is 1. The zero-order chi connectivity index (χ0) is 22.3. The molecule has 1 fully saturated rings. The lowest BCUT2D eigenvalue weighted by atomic mass is 9.90. The van der Waals surface area contributed by atoms with Gasteiger partial charge in [0.25, 0.3) is 0 Å². The van der Waals surface area contributed by atoms with Crippen molar-refractivity contribution in [2.45, 2.75) is 37.6 Å². The number of rotatable bonds is 4. The molecule has 0 N–H and O–H groups in total. The van der Waals surface area contributed by atoms with Crippen molar-refractivity contribution in [2.24, 2.45) is 5.10 Å². The summed E-state index contributed by atoms with van der Waals surface area (Å²) >= 11 is 0. The van der Waals surface area contributed by atoms with E-state index < -0.39 is 5.72 Å².